The fourth-order valence-corrected chi connectivity index (χ4v) is 4.02. The molecule has 0 bridgehead atoms. The van der Waals surface area contributed by atoms with E-state index in [9.17, 15) is 18.0 Å². The Kier molecular flexibility index (Phi) is 7.18. The third-order valence-electron chi connectivity index (χ3n) is 5.59. The molecule has 2 aromatic carbocycles. The predicted octanol–water partition coefficient (Wildman–Crippen LogP) is 6.58. The van der Waals surface area contributed by atoms with E-state index in [-0.39, 0.29) is 5.92 Å². The maximum atomic E-state index is 12.6. The molecule has 6 heteroatoms. The number of carbonyl (C=O) groups is 1. The number of hydrogen-bond acceptors (Lipinski definition) is 1. The van der Waals surface area contributed by atoms with Crippen LogP contribution in [0.25, 0.3) is 0 Å². The molecule has 2 N–H and O–H groups in total. The zero-order valence-electron chi connectivity index (χ0n) is 16.3. The highest BCUT2D eigenvalue weighted by Gasteiger charge is 2.30. The van der Waals surface area contributed by atoms with Crippen molar-refractivity contribution in [3.63, 3.8) is 0 Å². The lowest BCUT2D eigenvalue weighted by Gasteiger charge is -2.27. The average molecular weight is 404 g/mol. The lowest BCUT2D eigenvalue weighted by Crippen LogP contribution is -2.33. The first-order valence-corrected chi connectivity index (χ1v) is 10.2. The van der Waals surface area contributed by atoms with E-state index in [1.54, 1.807) is 0 Å². The second-order valence-corrected chi connectivity index (χ2v) is 7.76. The Morgan fingerprint density at radius 1 is 0.966 bits per heavy atom. The van der Waals surface area contributed by atoms with Gasteiger partial charge in [0.1, 0.15) is 0 Å². The van der Waals surface area contributed by atoms with E-state index in [4.69, 9.17) is 0 Å². The number of rotatable bonds is 6. The fourth-order valence-electron chi connectivity index (χ4n) is 4.02. The van der Waals surface area contributed by atoms with Gasteiger partial charge in [-0.1, -0.05) is 62.4 Å². The standard InChI is InChI=1S/C23H27F3N2O/c24-23(25,26)20-11-13-21(14-12-20)28-22(29)27-16-19(18-9-5-2-6-10-18)15-17-7-3-1-4-8-17/h2,5-6,9-14,17,19H,1,3-4,7-8,15-16H2,(H2,27,28,29). The number of anilines is 1. The Labute approximate surface area is 169 Å². The molecule has 0 aromatic heterocycles. The lowest BCUT2D eigenvalue weighted by molar-refractivity contribution is -0.137. The number of benzene rings is 2. The molecule has 2 aromatic rings. The topological polar surface area (TPSA) is 41.1 Å². The van der Waals surface area contributed by atoms with Crippen molar-refractivity contribution in [1.29, 1.82) is 0 Å². The number of hydrogen-bond donors (Lipinski definition) is 2. The second-order valence-electron chi connectivity index (χ2n) is 7.76. The molecule has 3 nitrogen and oxygen atoms in total. The van der Waals surface area contributed by atoms with Gasteiger partial charge in [-0.25, -0.2) is 4.79 Å². The Hall–Kier alpha value is -2.50. The van der Waals surface area contributed by atoms with Gasteiger partial charge in [0.25, 0.3) is 0 Å². The minimum absolute atomic E-state index is 0.220. The first kappa shape index (κ1) is 21.2. The van der Waals surface area contributed by atoms with Crippen molar-refractivity contribution >= 4 is 11.7 Å². The third kappa shape index (κ3) is 6.51. The summed E-state index contributed by atoms with van der Waals surface area (Å²) in [4.78, 5) is 12.3. The fraction of sp³-hybridized carbons (Fsp3) is 0.435. The Morgan fingerprint density at radius 3 is 2.24 bits per heavy atom. The average Bonchev–Trinajstić information content (AvgIpc) is 2.72. The Balaban J connectivity index is 1.57. The monoisotopic (exact) mass is 404 g/mol. The molecule has 1 aliphatic rings. The molecule has 0 heterocycles. The maximum absolute atomic E-state index is 12.6. The summed E-state index contributed by atoms with van der Waals surface area (Å²) < 4.78 is 37.9. The first-order valence-electron chi connectivity index (χ1n) is 10.2. The number of urea groups is 1. The molecule has 1 aliphatic carbocycles. The molecule has 0 radical (unpaired) electrons. The summed E-state index contributed by atoms with van der Waals surface area (Å²) in [6.45, 7) is 0.493. The maximum Gasteiger partial charge on any atom is 0.416 e. The molecule has 156 valence electrons. The van der Waals surface area contributed by atoms with Gasteiger partial charge in [-0.15, -0.1) is 0 Å². The highest BCUT2D eigenvalue weighted by molar-refractivity contribution is 5.89. The molecule has 1 saturated carbocycles. The molecule has 29 heavy (non-hydrogen) atoms. The number of alkyl halides is 3. The van der Waals surface area contributed by atoms with Crippen molar-refractivity contribution in [3.8, 4) is 0 Å². The quantitative estimate of drug-likeness (QED) is 0.561. The molecule has 0 aliphatic heterocycles. The van der Waals surface area contributed by atoms with Crippen LogP contribution in [0.2, 0.25) is 0 Å². The summed E-state index contributed by atoms with van der Waals surface area (Å²) in [5.41, 5.74) is 0.798. The van der Waals surface area contributed by atoms with Crippen LogP contribution in [0.5, 0.6) is 0 Å². The van der Waals surface area contributed by atoms with E-state index in [0.29, 0.717) is 18.2 Å². The summed E-state index contributed by atoms with van der Waals surface area (Å²) in [7, 11) is 0. The van der Waals surface area contributed by atoms with Crippen molar-refractivity contribution in [2.45, 2.75) is 50.6 Å². The van der Waals surface area contributed by atoms with E-state index < -0.39 is 17.8 Å². The summed E-state index contributed by atoms with van der Waals surface area (Å²) in [6, 6.07) is 14.2. The molecular weight excluding hydrogens is 377 g/mol. The summed E-state index contributed by atoms with van der Waals surface area (Å²) in [5.74, 6) is 0.895. The zero-order chi connectivity index (χ0) is 20.7. The van der Waals surface area contributed by atoms with Gasteiger partial charge >= 0.3 is 12.2 Å². The lowest BCUT2D eigenvalue weighted by atomic mass is 9.80. The SMILES string of the molecule is O=C(NCC(CC1CCCCC1)c1ccccc1)Nc1ccc(C(F)(F)F)cc1. The van der Waals surface area contributed by atoms with Crippen LogP contribution in [0.3, 0.4) is 0 Å². The third-order valence-corrected chi connectivity index (χ3v) is 5.59. The molecule has 1 unspecified atom stereocenters. The Bertz CT molecular complexity index is 769. The number of carbonyl (C=O) groups excluding carboxylic acids is 1. The van der Waals surface area contributed by atoms with Gasteiger partial charge in [-0.2, -0.15) is 13.2 Å². The normalized spacial score (nSPS) is 16.2. The van der Waals surface area contributed by atoms with Crippen LogP contribution in [0, 0.1) is 5.92 Å². The van der Waals surface area contributed by atoms with Gasteiger partial charge in [0.15, 0.2) is 0 Å². The highest BCUT2D eigenvalue weighted by atomic mass is 19.4. The van der Waals surface area contributed by atoms with Crippen LogP contribution in [0.4, 0.5) is 23.7 Å². The molecule has 1 fully saturated rings. The van der Waals surface area contributed by atoms with E-state index in [1.165, 1.54) is 49.8 Å². The molecule has 3 rings (SSSR count). The molecular formula is C23H27F3N2O. The number of halogens is 3. The Morgan fingerprint density at radius 2 is 1.62 bits per heavy atom. The van der Waals surface area contributed by atoms with Crippen molar-refractivity contribution in [1.82, 2.24) is 5.32 Å². The van der Waals surface area contributed by atoms with Gasteiger partial charge in [-0.3, -0.25) is 0 Å². The van der Waals surface area contributed by atoms with E-state index in [2.05, 4.69) is 22.8 Å². The molecule has 1 atom stereocenters. The second kappa shape index (κ2) is 9.81. The number of amides is 2. The van der Waals surface area contributed by atoms with Gasteiger partial charge in [0.05, 0.1) is 5.56 Å². The van der Waals surface area contributed by atoms with E-state index in [1.807, 2.05) is 18.2 Å². The van der Waals surface area contributed by atoms with Crippen LogP contribution in [0.1, 0.15) is 55.6 Å². The summed E-state index contributed by atoms with van der Waals surface area (Å²) in [5, 5.41) is 5.51. The van der Waals surface area contributed by atoms with Crippen molar-refractivity contribution in [3.05, 3.63) is 65.7 Å². The van der Waals surface area contributed by atoms with Gasteiger partial charge in [-0.05, 0) is 42.2 Å². The van der Waals surface area contributed by atoms with Crippen LogP contribution < -0.4 is 10.6 Å². The van der Waals surface area contributed by atoms with Crippen molar-refractivity contribution in [2.75, 3.05) is 11.9 Å². The van der Waals surface area contributed by atoms with Gasteiger partial charge in [0, 0.05) is 18.2 Å². The molecule has 0 saturated heterocycles. The van der Waals surface area contributed by atoms with E-state index >= 15 is 0 Å². The van der Waals surface area contributed by atoms with Crippen LogP contribution >= 0.6 is 0 Å². The van der Waals surface area contributed by atoms with E-state index in [0.717, 1.165) is 18.6 Å². The molecule has 2 amide bonds. The zero-order valence-corrected chi connectivity index (χ0v) is 16.3. The van der Waals surface area contributed by atoms with Crippen LogP contribution in [-0.4, -0.2) is 12.6 Å². The largest absolute Gasteiger partial charge is 0.416 e. The van der Waals surface area contributed by atoms with Crippen molar-refractivity contribution in [2.24, 2.45) is 5.92 Å². The minimum atomic E-state index is -4.39. The highest BCUT2D eigenvalue weighted by Crippen LogP contribution is 2.33. The minimum Gasteiger partial charge on any atom is -0.337 e. The van der Waals surface area contributed by atoms with Crippen molar-refractivity contribution < 1.29 is 18.0 Å². The molecule has 0 spiro atoms. The summed E-state index contributed by atoms with van der Waals surface area (Å²) in [6.07, 6.45) is 2.97. The smallest absolute Gasteiger partial charge is 0.337 e. The van der Waals surface area contributed by atoms with Crippen LogP contribution in [0.15, 0.2) is 54.6 Å². The number of nitrogens with one attached hydrogen (secondary N) is 2. The predicted molar refractivity (Wildman–Crippen MR) is 109 cm³/mol. The van der Waals surface area contributed by atoms with Crippen LogP contribution in [-0.2, 0) is 6.18 Å². The first-order chi connectivity index (χ1) is 13.9. The van der Waals surface area contributed by atoms with Gasteiger partial charge < -0.3 is 10.6 Å². The summed E-state index contributed by atoms with van der Waals surface area (Å²) >= 11 is 0. The van der Waals surface area contributed by atoms with Gasteiger partial charge in [0.2, 0.25) is 0 Å².